The van der Waals surface area contributed by atoms with Crippen molar-refractivity contribution < 1.29 is 9.84 Å². The van der Waals surface area contributed by atoms with Crippen LogP contribution in [0.5, 0.6) is 5.75 Å². The highest BCUT2D eigenvalue weighted by Gasteiger charge is 2.20. The molecule has 100 valence electrons. The molecule has 1 aliphatic heterocycles. The Morgan fingerprint density at radius 1 is 1.44 bits per heavy atom. The molecular formula is C15H23NO2. The van der Waals surface area contributed by atoms with Crippen LogP contribution >= 0.6 is 0 Å². The SMILES string of the molecule is CC(CO)c1ccccc1OC1CCCN(C)C1. The summed E-state index contributed by atoms with van der Waals surface area (Å²) in [6.07, 6.45) is 2.58. The van der Waals surface area contributed by atoms with E-state index < -0.39 is 0 Å². The highest BCUT2D eigenvalue weighted by atomic mass is 16.5. The van der Waals surface area contributed by atoms with Gasteiger partial charge in [0.05, 0.1) is 0 Å². The Balaban J connectivity index is 2.08. The van der Waals surface area contributed by atoms with Crippen LogP contribution in [0.3, 0.4) is 0 Å². The third-order valence-electron chi connectivity index (χ3n) is 3.60. The van der Waals surface area contributed by atoms with Crippen LogP contribution in [0.1, 0.15) is 31.2 Å². The van der Waals surface area contributed by atoms with Crippen molar-refractivity contribution >= 4 is 0 Å². The summed E-state index contributed by atoms with van der Waals surface area (Å²) < 4.78 is 6.13. The Labute approximate surface area is 109 Å². The number of likely N-dealkylation sites (tertiary alicyclic amines) is 1. The highest BCUT2D eigenvalue weighted by molar-refractivity contribution is 5.36. The van der Waals surface area contributed by atoms with Crippen LogP contribution in [0, 0.1) is 0 Å². The Bertz CT molecular complexity index is 381. The van der Waals surface area contributed by atoms with Gasteiger partial charge in [-0.1, -0.05) is 25.1 Å². The van der Waals surface area contributed by atoms with Gasteiger partial charge in [-0.05, 0) is 38.1 Å². The Kier molecular flexibility index (Phi) is 4.61. The van der Waals surface area contributed by atoms with E-state index in [-0.39, 0.29) is 18.6 Å². The number of hydrogen-bond acceptors (Lipinski definition) is 3. The van der Waals surface area contributed by atoms with Crippen molar-refractivity contribution in [1.82, 2.24) is 4.90 Å². The third kappa shape index (κ3) is 3.24. The van der Waals surface area contributed by atoms with E-state index in [1.165, 1.54) is 6.42 Å². The quantitative estimate of drug-likeness (QED) is 0.888. The first-order valence-corrected chi connectivity index (χ1v) is 6.75. The predicted octanol–water partition coefficient (Wildman–Crippen LogP) is 2.26. The van der Waals surface area contributed by atoms with Gasteiger partial charge in [0.2, 0.25) is 0 Å². The van der Waals surface area contributed by atoms with Gasteiger partial charge in [-0.25, -0.2) is 0 Å². The first-order chi connectivity index (χ1) is 8.70. The molecule has 1 aromatic rings. The van der Waals surface area contributed by atoms with E-state index in [1.807, 2.05) is 31.2 Å². The van der Waals surface area contributed by atoms with Gasteiger partial charge >= 0.3 is 0 Å². The summed E-state index contributed by atoms with van der Waals surface area (Å²) in [5.41, 5.74) is 1.10. The number of likely N-dealkylation sites (N-methyl/N-ethyl adjacent to an activating group) is 1. The highest BCUT2D eigenvalue weighted by Crippen LogP contribution is 2.28. The van der Waals surface area contributed by atoms with Crippen molar-refractivity contribution in [3.05, 3.63) is 29.8 Å². The Morgan fingerprint density at radius 2 is 2.22 bits per heavy atom. The second-order valence-corrected chi connectivity index (χ2v) is 5.27. The maximum atomic E-state index is 9.30. The van der Waals surface area contributed by atoms with Crippen molar-refractivity contribution in [2.45, 2.75) is 31.8 Å². The summed E-state index contributed by atoms with van der Waals surface area (Å²) in [4.78, 5) is 2.31. The number of para-hydroxylation sites is 1. The summed E-state index contributed by atoms with van der Waals surface area (Å²) in [6.45, 7) is 4.33. The van der Waals surface area contributed by atoms with Gasteiger partial charge in [0.15, 0.2) is 0 Å². The molecule has 0 radical (unpaired) electrons. The zero-order valence-electron chi connectivity index (χ0n) is 11.3. The zero-order valence-corrected chi connectivity index (χ0v) is 11.3. The monoisotopic (exact) mass is 249 g/mol. The molecule has 1 aromatic carbocycles. The van der Waals surface area contributed by atoms with Gasteiger partial charge in [-0.15, -0.1) is 0 Å². The smallest absolute Gasteiger partial charge is 0.123 e. The molecule has 0 aromatic heterocycles. The maximum Gasteiger partial charge on any atom is 0.123 e. The lowest BCUT2D eigenvalue weighted by atomic mass is 10.0. The third-order valence-corrected chi connectivity index (χ3v) is 3.60. The molecule has 2 rings (SSSR count). The lowest BCUT2D eigenvalue weighted by Gasteiger charge is -2.31. The minimum Gasteiger partial charge on any atom is -0.489 e. The largest absolute Gasteiger partial charge is 0.489 e. The van der Waals surface area contributed by atoms with E-state index in [1.54, 1.807) is 0 Å². The minimum absolute atomic E-state index is 0.127. The predicted molar refractivity (Wildman–Crippen MR) is 73.1 cm³/mol. The first-order valence-electron chi connectivity index (χ1n) is 6.75. The molecule has 0 amide bonds. The van der Waals surface area contributed by atoms with Crippen LogP contribution in [-0.2, 0) is 0 Å². The Morgan fingerprint density at radius 3 is 2.94 bits per heavy atom. The standard InChI is InChI=1S/C15H23NO2/c1-12(11-17)14-7-3-4-8-15(14)18-13-6-5-9-16(2)10-13/h3-4,7-8,12-13,17H,5-6,9-11H2,1-2H3. The molecule has 18 heavy (non-hydrogen) atoms. The number of aliphatic hydroxyl groups is 1. The number of ether oxygens (including phenoxy) is 1. The summed E-state index contributed by atoms with van der Waals surface area (Å²) in [5, 5.41) is 9.30. The lowest BCUT2D eigenvalue weighted by molar-refractivity contribution is 0.102. The average molecular weight is 249 g/mol. The fraction of sp³-hybridized carbons (Fsp3) is 0.600. The molecule has 3 heteroatoms. The fourth-order valence-electron chi connectivity index (χ4n) is 2.49. The molecule has 1 aliphatic rings. The molecule has 0 aliphatic carbocycles. The van der Waals surface area contributed by atoms with E-state index in [0.717, 1.165) is 30.8 Å². The van der Waals surface area contributed by atoms with E-state index >= 15 is 0 Å². The molecule has 0 spiro atoms. The summed E-state index contributed by atoms with van der Waals surface area (Å²) in [7, 11) is 2.14. The van der Waals surface area contributed by atoms with E-state index in [2.05, 4.69) is 11.9 Å². The van der Waals surface area contributed by atoms with Crippen molar-refractivity contribution in [2.24, 2.45) is 0 Å². The van der Waals surface area contributed by atoms with Gasteiger partial charge < -0.3 is 14.7 Å². The van der Waals surface area contributed by atoms with Crippen LogP contribution in [0.15, 0.2) is 24.3 Å². The minimum atomic E-state index is 0.127. The van der Waals surface area contributed by atoms with Crippen molar-refractivity contribution in [2.75, 3.05) is 26.7 Å². The molecule has 2 atom stereocenters. The molecule has 0 bridgehead atoms. The molecule has 1 saturated heterocycles. The first kappa shape index (κ1) is 13.4. The van der Waals surface area contributed by atoms with E-state index in [0.29, 0.717) is 0 Å². The van der Waals surface area contributed by atoms with Gasteiger partial charge in [0.1, 0.15) is 11.9 Å². The molecule has 1 heterocycles. The van der Waals surface area contributed by atoms with Crippen LogP contribution in [-0.4, -0.2) is 42.9 Å². The molecule has 3 nitrogen and oxygen atoms in total. The number of piperidine rings is 1. The number of benzene rings is 1. The van der Waals surface area contributed by atoms with Crippen LogP contribution < -0.4 is 4.74 Å². The van der Waals surface area contributed by atoms with E-state index in [9.17, 15) is 5.11 Å². The van der Waals surface area contributed by atoms with Gasteiger partial charge in [-0.2, -0.15) is 0 Å². The van der Waals surface area contributed by atoms with Gasteiger partial charge in [0, 0.05) is 19.1 Å². The van der Waals surface area contributed by atoms with Crippen molar-refractivity contribution in [3.8, 4) is 5.75 Å². The number of rotatable bonds is 4. The molecule has 0 saturated carbocycles. The normalized spacial score (nSPS) is 22.7. The van der Waals surface area contributed by atoms with Gasteiger partial charge in [0.25, 0.3) is 0 Å². The second kappa shape index (κ2) is 6.21. The maximum absolute atomic E-state index is 9.30. The van der Waals surface area contributed by atoms with Gasteiger partial charge in [-0.3, -0.25) is 0 Å². The van der Waals surface area contributed by atoms with E-state index in [4.69, 9.17) is 4.74 Å². The summed E-state index contributed by atoms with van der Waals surface area (Å²) >= 11 is 0. The second-order valence-electron chi connectivity index (χ2n) is 5.27. The molecule has 2 unspecified atom stereocenters. The van der Waals surface area contributed by atoms with Crippen LogP contribution in [0.2, 0.25) is 0 Å². The zero-order chi connectivity index (χ0) is 13.0. The van der Waals surface area contributed by atoms with Crippen LogP contribution in [0.4, 0.5) is 0 Å². The number of nitrogens with zero attached hydrogens (tertiary/aromatic N) is 1. The lowest BCUT2D eigenvalue weighted by Crippen LogP contribution is -2.38. The topological polar surface area (TPSA) is 32.7 Å². The number of aliphatic hydroxyl groups excluding tert-OH is 1. The summed E-state index contributed by atoms with van der Waals surface area (Å²) in [6, 6.07) is 8.05. The molecule has 1 N–H and O–H groups in total. The fourth-order valence-corrected chi connectivity index (χ4v) is 2.49. The van der Waals surface area contributed by atoms with Crippen molar-refractivity contribution in [1.29, 1.82) is 0 Å². The molecule has 1 fully saturated rings. The Hall–Kier alpha value is -1.06. The van der Waals surface area contributed by atoms with Crippen molar-refractivity contribution in [3.63, 3.8) is 0 Å². The average Bonchev–Trinajstić information content (AvgIpc) is 2.38. The van der Waals surface area contributed by atoms with Crippen LogP contribution in [0.25, 0.3) is 0 Å². The number of hydrogen-bond donors (Lipinski definition) is 1. The summed E-state index contributed by atoms with van der Waals surface area (Å²) in [5.74, 6) is 1.06. The molecular weight excluding hydrogens is 226 g/mol.